The number of nitrogens with one attached hydrogen (secondary N) is 2. The molecule has 0 spiro atoms. The van der Waals surface area contributed by atoms with E-state index in [-0.39, 0.29) is 55.1 Å². The number of carboxylic acid groups (broad SMARTS) is 1. The van der Waals surface area contributed by atoms with Crippen molar-refractivity contribution >= 4 is 53.3 Å². The largest absolute Gasteiger partial charge is 0.489 e. The maximum absolute atomic E-state index is 12.1. The number of amides is 1. The van der Waals surface area contributed by atoms with E-state index in [1.54, 1.807) is 67.7 Å². The van der Waals surface area contributed by atoms with E-state index in [1.807, 2.05) is 0 Å². The number of likely N-dealkylation sites (N-methyl/N-ethyl adjacent to an activating group) is 1. The van der Waals surface area contributed by atoms with Gasteiger partial charge in [-0.2, -0.15) is 0 Å². The summed E-state index contributed by atoms with van der Waals surface area (Å²) < 4.78 is 11.7. The first-order valence-corrected chi connectivity index (χ1v) is 11.0. The van der Waals surface area contributed by atoms with Gasteiger partial charge >= 0.3 is 5.97 Å². The summed E-state index contributed by atoms with van der Waals surface area (Å²) in [6.07, 6.45) is 2.17. The number of nitrogens with zero attached hydrogens (tertiary/aromatic N) is 1. The number of carbonyl (C=O) groups excluding carboxylic acids is 1. The number of amidine groups is 1. The van der Waals surface area contributed by atoms with Crippen LogP contribution in [-0.2, 0) is 16.0 Å². The van der Waals surface area contributed by atoms with Crippen molar-refractivity contribution in [2.45, 2.75) is 30.9 Å². The highest BCUT2D eigenvalue weighted by atomic mass is 35.5. The number of halogens is 2. The zero-order valence-electron chi connectivity index (χ0n) is 19.9. The minimum Gasteiger partial charge on any atom is -0.489 e. The van der Waals surface area contributed by atoms with Crippen LogP contribution >= 0.6 is 24.8 Å². The Kier molecular flexibility index (Phi) is 9.75. The molecule has 0 aliphatic carbocycles. The second-order valence-electron chi connectivity index (χ2n) is 8.71. The summed E-state index contributed by atoms with van der Waals surface area (Å²) in [6, 6.07) is 12.0. The summed E-state index contributed by atoms with van der Waals surface area (Å²) in [5, 5.41) is 22.2. The number of fused-ring (bicyclic) bond motifs is 1. The molecule has 1 unspecified atom stereocenters. The van der Waals surface area contributed by atoms with Crippen LogP contribution in [0.1, 0.15) is 29.2 Å². The molecule has 0 bridgehead atoms. The van der Waals surface area contributed by atoms with E-state index in [1.165, 1.54) is 0 Å². The van der Waals surface area contributed by atoms with Gasteiger partial charge in [0.2, 0.25) is 5.91 Å². The first kappa shape index (κ1) is 29.0. The maximum atomic E-state index is 12.1. The molecule has 1 saturated heterocycles. The van der Waals surface area contributed by atoms with Crippen LogP contribution in [0.15, 0.2) is 53.1 Å². The topological polar surface area (TPSA) is 142 Å². The molecule has 0 saturated carbocycles. The number of hydrogen-bond donors (Lipinski definition) is 4. The molecule has 1 fully saturated rings. The van der Waals surface area contributed by atoms with Crippen molar-refractivity contribution in [1.82, 2.24) is 10.2 Å². The fraction of sp³-hybridized carbons (Fsp3) is 0.320. The predicted molar refractivity (Wildman–Crippen MR) is 142 cm³/mol. The number of aliphatic carboxylic acids is 1. The molecule has 0 radical (unpaired) electrons. The fourth-order valence-corrected chi connectivity index (χ4v) is 4.23. The third-order valence-corrected chi connectivity index (χ3v) is 6.09. The summed E-state index contributed by atoms with van der Waals surface area (Å²) in [5.74, 6) is -0.587. The fourth-order valence-electron chi connectivity index (χ4n) is 4.23. The van der Waals surface area contributed by atoms with Crippen molar-refractivity contribution in [3.63, 3.8) is 0 Å². The van der Waals surface area contributed by atoms with Crippen molar-refractivity contribution in [3.05, 3.63) is 65.6 Å². The van der Waals surface area contributed by atoms with Gasteiger partial charge in [0.05, 0.1) is 18.2 Å². The normalized spacial score (nSPS) is 17.5. The Labute approximate surface area is 221 Å². The van der Waals surface area contributed by atoms with E-state index in [9.17, 15) is 14.7 Å². The molecular weight excluding hydrogens is 507 g/mol. The van der Waals surface area contributed by atoms with Crippen LogP contribution in [-0.4, -0.2) is 60.5 Å². The van der Waals surface area contributed by atoms with Gasteiger partial charge in [0.1, 0.15) is 23.4 Å². The Balaban J connectivity index is 0.00000228. The number of nitrogens with two attached hydrogens (primary N) is 1. The SMILES string of the molecule is CN(C)C(=O)[C@@H]1C[C@H](Oc2ccc(C(Cc3occ4cc(C(=N)N)ccc34)C(=O)O)cc2)CN1.Cl.Cl. The number of rotatable bonds is 8. The Morgan fingerprint density at radius 3 is 2.53 bits per heavy atom. The molecule has 4 rings (SSSR count). The van der Waals surface area contributed by atoms with Gasteiger partial charge in [-0.3, -0.25) is 15.0 Å². The smallest absolute Gasteiger partial charge is 0.311 e. The lowest BCUT2D eigenvalue weighted by molar-refractivity contribution is -0.138. The Morgan fingerprint density at radius 1 is 1.22 bits per heavy atom. The van der Waals surface area contributed by atoms with Crippen molar-refractivity contribution in [1.29, 1.82) is 5.41 Å². The summed E-state index contributed by atoms with van der Waals surface area (Å²) in [7, 11) is 3.45. The molecule has 1 aromatic heterocycles. The van der Waals surface area contributed by atoms with Crippen LogP contribution in [0, 0.1) is 5.41 Å². The van der Waals surface area contributed by atoms with E-state index < -0.39 is 11.9 Å². The molecule has 1 amide bonds. The Hall–Kier alpha value is -3.27. The number of benzene rings is 2. The number of carboxylic acids is 1. The molecule has 2 heterocycles. The molecular formula is C25H30Cl2N4O5. The lowest BCUT2D eigenvalue weighted by Crippen LogP contribution is -2.39. The number of nitrogen functional groups attached to an aromatic ring is 1. The van der Waals surface area contributed by atoms with Gasteiger partial charge < -0.3 is 30.2 Å². The lowest BCUT2D eigenvalue weighted by atomic mass is 9.93. The zero-order valence-corrected chi connectivity index (χ0v) is 21.5. The number of ether oxygens (including phenoxy) is 1. The quantitative estimate of drug-likeness (QED) is 0.255. The first-order valence-electron chi connectivity index (χ1n) is 11.0. The van der Waals surface area contributed by atoms with Crippen LogP contribution in [0.2, 0.25) is 0 Å². The van der Waals surface area contributed by atoms with Crippen molar-refractivity contribution in [2.24, 2.45) is 5.73 Å². The molecule has 11 heteroatoms. The molecule has 194 valence electrons. The molecule has 3 atom stereocenters. The average Bonchev–Trinajstić information content (AvgIpc) is 3.44. The molecule has 3 aromatic rings. The highest BCUT2D eigenvalue weighted by Gasteiger charge is 2.31. The van der Waals surface area contributed by atoms with Crippen molar-refractivity contribution in [2.75, 3.05) is 20.6 Å². The van der Waals surface area contributed by atoms with Gasteiger partial charge in [0.25, 0.3) is 0 Å². The van der Waals surface area contributed by atoms with Gasteiger partial charge in [0, 0.05) is 49.8 Å². The van der Waals surface area contributed by atoms with E-state index in [0.717, 1.165) is 10.8 Å². The second-order valence-corrected chi connectivity index (χ2v) is 8.71. The van der Waals surface area contributed by atoms with Crippen LogP contribution in [0.3, 0.4) is 0 Å². The van der Waals surface area contributed by atoms with Crippen LogP contribution in [0.25, 0.3) is 10.8 Å². The van der Waals surface area contributed by atoms with Crippen molar-refractivity contribution in [3.8, 4) is 5.75 Å². The van der Waals surface area contributed by atoms with E-state index in [2.05, 4.69) is 5.32 Å². The summed E-state index contributed by atoms with van der Waals surface area (Å²) in [5.41, 5.74) is 6.77. The third kappa shape index (κ3) is 6.29. The molecule has 1 aliphatic heterocycles. The zero-order chi connectivity index (χ0) is 24.4. The van der Waals surface area contributed by atoms with Gasteiger partial charge in [-0.15, -0.1) is 24.8 Å². The molecule has 5 N–H and O–H groups in total. The highest BCUT2D eigenvalue weighted by Crippen LogP contribution is 2.30. The van der Waals surface area contributed by atoms with Crippen LogP contribution < -0.4 is 15.8 Å². The van der Waals surface area contributed by atoms with Crippen LogP contribution in [0.4, 0.5) is 0 Å². The maximum Gasteiger partial charge on any atom is 0.311 e. The van der Waals surface area contributed by atoms with Crippen LogP contribution in [0.5, 0.6) is 5.75 Å². The lowest BCUT2D eigenvalue weighted by Gasteiger charge is -2.17. The Morgan fingerprint density at radius 2 is 1.92 bits per heavy atom. The molecule has 2 aromatic carbocycles. The van der Waals surface area contributed by atoms with Gasteiger partial charge in [0.15, 0.2) is 0 Å². The summed E-state index contributed by atoms with van der Waals surface area (Å²) in [4.78, 5) is 25.7. The van der Waals surface area contributed by atoms with Gasteiger partial charge in [-0.1, -0.05) is 24.3 Å². The minimum absolute atomic E-state index is 0. The minimum atomic E-state index is -0.955. The highest BCUT2D eigenvalue weighted by molar-refractivity contribution is 5.99. The average molecular weight is 537 g/mol. The van der Waals surface area contributed by atoms with E-state index >= 15 is 0 Å². The van der Waals surface area contributed by atoms with Gasteiger partial charge in [-0.25, -0.2) is 0 Å². The first-order chi connectivity index (χ1) is 16.2. The number of carbonyl (C=O) groups is 2. The molecule has 1 aliphatic rings. The summed E-state index contributed by atoms with van der Waals surface area (Å²) >= 11 is 0. The van der Waals surface area contributed by atoms with Crippen molar-refractivity contribution < 1.29 is 23.8 Å². The number of hydrogen-bond acceptors (Lipinski definition) is 6. The Bertz CT molecular complexity index is 1230. The van der Waals surface area contributed by atoms with E-state index in [4.69, 9.17) is 20.3 Å². The second kappa shape index (κ2) is 12.1. The van der Waals surface area contributed by atoms with E-state index in [0.29, 0.717) is 35.6 Å². The molecule has 9 nitrogen and oxygen atoms in total. The molecule has 36 heavy (non-hydrogen) atoms. The third-order valence-electron chi connectivity index (χ3n) is 6.09. The number of furan rings is 1. The van der Waals surface area contributed by atoms with Gasteiger partial charge in [-0.05, 0) is 23.8 Å². The standard InChI is InChI=1S/C25H28N4O5.2ClH/c1-29(2)24(30)21-10-18(12-28-21)34-17-6-3-14(4-7-17)20(25(31)32)11-22-19-8-5-15(23(26)27)9-16(19)13-33-22;;/h3-9,13,18,20-21,28H,10-12H2,1-2H3,(H3,26,27)(H,31,32);2*1H/t18-,20?,21-;;/m0../s1. The predicted octanol–water partition coefficient (Wildman–Crippen LogP) is 3.17. The summed E-state index contributed by atoms with van der Waals surface area (Å²) in [6.45, 7) is 0.570. The monoisotopic (exact) mass is 536 g/mol.